The summed E-state index contributed by atoms with van der Waals surface area (Å²) >= 11 is 1.72. The predicted molar refractivity (Wildman–Crippen MR) is 86.7 cm³/mol. The van der Waals surface area contributed by atoms with Gasteiger partial charge in [-0.25, -0.2) is 4.98 Å². The van der Waals surface area contributed by atoms with Crippen molar-refractivity contribution in [2.45, 2.75) is 45.1 Å². The lowest BCUT2D eigenvalue weighted by Gasteiger charge is -2.20. The smallest absolute Gasteiger partial charge is 0.144 e. The van der Waals surface area contributed by atoms with Crippen LogP contribution >= 0.6 is 11.3 Å². The van der Waals surface area contributed by atoms with Crippen LogP contribution in [0.25, 0.3) is 0 Å². The van der Waals surface area contributed by atoms with Crippen molar-refractivity contribution in [1.82, 2.24) is 4.98 Å². The fourth-order valence-corrected chi connectivity index (χ4v) is 3.56. The average molecular weight is 297 g/mol. The molecule has 0 amide bonds. The van der Waals surface area contributed by atoms with Gasteiger partial charge in [0.15, 0.2) is 0 Å². The molecule has 2 aromatic rings. The van der Waals surface area contributed by atoms with Crippen LogP contribution in [0, 0.1) is 11.3 Å². The molecule has 2 heterocycles. The number of hydrogen-bond acceptors (Lipinski definition) is 4. The fourth-order valence-electron chi connectivity index (χ4n) is 2.88. The maximum atomic E-state index is 9.36. The fraction of sp³-hybridized carbons (Fsp3) is 0.412. The molecule has 0 saturated carbocycles. The first-order valence-corrected chi connectivity index (χ1v) is 8.41. The molecule has 3 rings (SSSR count). The summed E-state index contributed by atoms with van der Waals surface area (Å²) in [6.45, 7) is 2.14. The molecule has 0 aliphatic heterocycles. The van der Waals surface area contributed by atoms with Gasteiger partial charge in [0.05, 0.1) is 5.56 Å². The number of aryl methyl sites for hydroxylation is 2. The molecule has 1 N–H and O–H groups in total. The van der Waals surface area contributed by atoms with Crippen molar-refractivity contribution in [3.8, 4) is 6.07 Å². The van der Waals surface area contributed by atoms with Crippen LogP contribution < -0.4 is 5.32 Å². The molecular formula is C17H19N3S. The van der Waals surface area contributed by atoms with Gasteiger partial charge in [-0.05, 0) is 73.0 Å². The van der Waals surface area contributed by atoms with Crippen molar-refractivity contribution in [3.05, 3.63) is 45.3 Å². The van der Waals surface area contributed by atoms with Crippen LogP contribution in [0.15, 0.2) is 22.9 Å². The highest BCUT2D eigenvalue weighted by atomic mass is 32.1. The molecule has 3 nitrogen and oxygen atoms in total. The predicted octanol–water partition coefficient (Wildman–Crippen LogP) is 3.94. The Labute approximate surface area is 129 Å². The molecule has 0 radical (unpaired) electrons. The number of nitrogens with one attached hydrogen (secondary N) is 1. The van der Waals surface area contributed by atoms with E-state index in [0.29, 0.717) is 5.56 Å². The van der Waals surface area contributed by atoms with E-state index in [-0.39, 0.29) is 6.04 Å². The van der Waals surface area contributed by atoms with Crippen molar-refractivity contribution in [2.75, 3.05) is 5.32 Å². The lowest BCUT2D eigenvalue weighted by atomic mass is 9.95. The average Bonchev–Trinajstić information content (AvgIpc) is 2.99. The summed E-state index contributed by atoms with van der Waals surface area (Å²) in [7, 11) is 0. The van der Waals surface area contributed by atoms with Crippen molar-refractivity contribution >= 4 is 17.2 Å². The molecule has 0 fully saturated rings. The third-order valence-corrected chi connectivity index (χ3v) is 4.66. The van der Waals surface area contributed by atoms with E-state index in [0.717, 1.165) is 25.1 Å². The Balaban J connectivity index is 1.79. The number of nitrogens with zero attached hydrogens (tertiary/aromatic N) is 2. The first kappa shape index (κ1) is 14.1. The normalized spacial score (nSPS) is 15.0. The third kappa shape index (κ3) is 3.25. The number of pyridine rings is 1. The highest BCUT2D eigenvalue weighted by molar-refractivity contribution is 7.07. The number of thiophene rings is 1. The minimum atomic E-state index is 0.265. The van der Waals surface area contributed by atoms with Crippen LogP contribution in [0.2, 0.25) is 0 Å². The topological polar surface area (TPSA) is 48.7 Å². The van der Waals surface area contributed by atoms with Crippen LogP contribution in [0.3, 0.4) is 0 Å². The summed E-state index contributed by atoms with van der Waals surface area (Å²) in [6.07, 6.45) is 5.46. The van der Waals surface area contributed by atoms with Gasteiger partial charge in [0, 0.05) is 11.7 Å². The van der Waals surface area contributed by atoms with Crippen molar-refractivity contribution < 1.29 is 0 Å². The van der Waals surface area contributed by atoms with Gasteiger partial charge in [0.2, 0.25) is 0 Å². The van der Waals surface area contributed by atoms with E-state index in [9.17, 15) is 5.26 Å². The summed E-state index contributed by atoms with van der Waals surface area (Å²) < 4.78 is 0. The molecule has 0 saturated heterocycles. The number of hydrogen-bond donors (Lipinski definition) is 1. The van der Waals surface area contributed by atoms with Crippen LogP contribution in [-0.2, 0) is 19.3 Å². The van der Waals surface area contributed by atoms with E-state index >= 15 is 0 Å². The van der Waals surface area contributed by atoms with Crippen molar-refractivity contribution in [1.29, 1.82) is 5.26 Å². The molecule has 0 spiro atoms. The molecule has 1 unspecified atom stereocenters. The zero-order valence-corrected chi connectivity index (χ0v) is 13.0. The highest BCUT2D eigenvalue weighted by Crippen LogP contribution is 2.25. The summed E-state index contributed by atoms with van der Waals surface area (Å²) in [5.41, 5.74) is 4.43. The summed E-state index contributed by atoms with van der Waals surface area (Å²) in [6, 6.07) is 6.73. The summed E-state index contributed by atoms with van der Waals surface area (Å²) in [5, 5.41) is 17.0. The Morgan fingerprint density at radius 3 is 3.05 bits per heavy atom. The summed E-state index contributed by atoms with van der Waals surface area (Å²) in [5.74, 6) is 0.751. The molecule has 2 aromatic heterocycles. The first-order valence-electron chi connectivity index (χ1n) is 7.47. The lowest BCUT2D eigenvalue weighted by molar-refractivity contribution is 0.666. The molecule has 1 aliphatic carbocycles. The monoisotopic (exact) mass is 297 g/mol. The quantitative estimate of drug-likeness (QED) is 0.930. The van der Waals surface area contributed by atoms with Gasteiger partial charge < -0.3 is 5.32 Å². The van der Waals surface area contributed by atoms with Crippen LogP contribution in [0.5, 0.6) is 0 Å². The Bertz CT molecular complexity index is 655. The Morgan fingerprint density at radius 2 is 2.29 bits per heavy atom. The SMILES string of the molecule is CC(Cc1ccsc1)Nc1nc2c(cc1C#N)CCCC2. The Hall–Kier alpha value is -1.86. The maximum absolute atomic E-state index is 9.36. The van der Waals surface area contributed by atoms with Crippen molar-refractivity contribution in [3.63, 3.8) is 0 Å². The van der Waals surface area contributed by atoms with Crippen LogP contribution in [-0.4, -0.2) is 11.0 Å². The van der Waals surface area contributed by atoms with Gasteiger partial charge >= 0.3 is 0 Å². The largest absolute Gasteiger partial charge is 0.366 e. The van der Waals surface area contributed by atoms with E-state index in [4.69, 9.17) is 4.98 Å². The van der Waals surface area contributed by atoms with Crippen molar-refractivity contribution in [2.24, 2.45) is 0 Å². The van der Waals surface area contributed by atoms with E-state index in [1.807, 2.05) is 6.07 Å². The number of fused-ring (bicyclic) bond motifs is 1. The third-order valence-electron chi connectivity index (χ3n) is 3.93. The van der Waals surface area contributed by atoms with Gasteiger partial charge in [-0.1, -0.05) is 0 Å². The van der Waals surface area contributed by atoms with E-state index in [1.54, 1.807) is 11.3 Å². The van der Waals surface area contributed by atoms with Crippen LogP contribution in [0.1, 0.15) is 42.1 Å². The van der Waals surface area contributed by atoms with Crippen LogP contribution in [0.4, 0.5) is 5.82 Å². The molecular weight excluding hydrogens is 278 g/mol. The number of anilines is 1. The van der Waals surface area contributed by atoms with Gasteiger partial charge in [-0.15, -0.1) is 0 Å². The standard InChI is InChI=1S/C17H19N3S/c1-12(8-13-6-7-21-11-13)19-17-15(10-18)9-14-4-2-3-5-16(14)20-17/h6-7,9,11-12H,2-5,8H2,1H3,(H,19,20). The highest BCUT2D eigenvalue weighted by Gasteiger charge is 2.16. The number of rotatable bonds is 4. The second-order valence-electron chi connectivity index (χ2n) is 5.69. The first-order chi connectivity index (χ1) is 10.3. The van der Waals surface area contributed by atoms with Gasteiger partial charge in [0.1, 0.15) is 11.9 Å². The zero-order valence-electron chi connectivity index (χ0n) is 12.2. The van der Waals surface area contributed by atoms with E-state index < -0.39 is 0 Å². The minimum Gasteiger partial charge on any atom is -0.366 e. The molecule has 0 bridgehead atoms. The molecule has 21 heavy (non-hydrogen) atoms. The number of nitriles is 1. The second kappa shape index (κ2) is 6.28. The molecule has 1 atom stereocenters. The lowest BCUT2D eigenvalue weighted by Crippen LogP contribution is -2.20. The zero-order chi connectivity index (χ0) is 14.7. The molecule has 4 heteroatoms. The molecule has 108 valence electrons. The number of aromatic nitrogens is 1. The Morgan fingerprint density at radius 1 is 1.43 bits per heavy atom. The van der Waals surface area contributed by atoms with E-state index in [2.05, 4.69) is 35.1 Å². The molecule has 0 aromatic carbocycles. The Kier molecular flexibility index (Phi) is 4.21. The minimum absolute atomic E-state index is 0.265. The second-order valence-corrected chi connectivity index (χ2v) is 6.47. The molecule has 1 aliphatic rings. The van der Waals surface area contributed by atoms with E-state index in [1.165, 1.54) is 29.7 Å². The summed E-state index contributed by atoms with van der Waals surface area (Å²) in [4.78, 5) is 4.72. The van der Waals surface area contributed by atoms with Gasteiger partial charge in [-0.2, -0.15) is 16.6 Å². The maximum Gasteiger partial charge on any atom is 0.144 e. The van der Waals surface area contributed by atoms with Gasteiger partial charge in [-0.3, -0.25) is 0 Å². The van der Waals surface area contributed by atoms with Gasteiger partial charge in [0.25, 0.3) is 0 Å².